The molecule has 21 heteroatoms. The molecule has 2 aromatic carbocycles. The molecule has 0 radical (unpaired) electrons. The van der Waals surface area contributed by atoms with Crippen LogP contribution in [0.15, 0.2) is 142 Å². The Hall–Kier alpha value is -6.97. The zero-order valence-corrected chi connectivity index (χ0v) is 41.5. The molecule has 0 atom stereocenters. The third kappa shape index (κ3) is 11.9. The summed E-state index contributed by atoms with van der Waals surface area (Å²) in [6.07, 6.45) is 15.0. The standard InChI is InChI=1S/C23H19N5OS.C18H15N3O.C6H7ClN2S.2O2S/c1-14-11-24-23(30-3)26-21(14)18-12-28(16-7-5-4-6-8-16)22-17(18)9-10-20(25-22)19-13-29-27-15(19)2;1-12-10-21(14-6-4-3-5-7-14)18-15(12)8-9-17(19-18)16-11-22-20-13(16)2;1-4-3-8-6(10-2)9-5(4)7;2*1-3-2/h4-13H,1-3H3;3-11H,1-2H3;3H,1-2H3;;. The topological polar surface area (TPSA) is 208 Å². The number of rotatable bonds is 7. The summed E-state index contributed by atoms with van der Waals surface area (Å²) in [5, 5.41) is 12.1. The summed E-state index contributed by atoms with van der Waals surface area (Å²) in [6, 6.07) is 28.7. The van der Waals surface area contributed by atoms with E-state index in [0.29, 0.717) is 5.15 Å². The summed E-state index contributed by atoms with van der Waals surface area (Å²) >= 11 is 7.25. The van der Waals surface area contributed by atoms with Gasteiger partial charge in [-0.3, -0.25) is 0 Å². The fourth-order valence-electron chi connectivity index (χ4n) is 6.80. The summed E-state index contributed by atoms with van der Waals surface area (Å²) in [5.74, 6) is 0. The van der Waals surface area contributed by atoms with Crippen LogP contribution < -0.4 is 0 Å². The van der Waals surface area contributed by atoms with Gasteiger partial charge in [-0.25, -0.2) is 29.9 Å². The fourth-order valence-corrected chi connectivity index (χ4v) is 7.66. The highest BCUT2D eigenvalue weighted by Gasteiger charge is 2.19. The van der Waals surface area contributed by atoms with Crippen LogP contribution in [0.25, 0.3) is 67.2 Å². The number of fused-ring (bicyclic) bond motifs is 2. The molecule has 0 bridgehead atoms. The first-order valence-corrected chi connectivity index (χ1v) is 24.3. The average Bonchev–Trinajstić information content (AvgIpc) is 4.16. The molecule has 8 aromatic heterocycles. The number of aryl methyl sites for hydroxylation is 5. The molecule has 10 aromatic rings. The third-order valence-corrected chi connectivity index (χ3v) is 11.6. The molecule has 16 nitrogen and oxygen atoms in total. The van der Waals surface area contributed by atoms with Gasteiger partial charge in [0.25, 0.3) is 0 Å². The lowest BCUT2D eigenvalue weighted by molar-refractivity contribution is 0.415. The number of pyridine rings is 2. The summed E-state index contributed by atoms with van der Waals surface area (Å²) in [4.78, 5) is 27.0. The molecule has 0 amide bonds. The first kappa shape index (κ1) is 50.4. The van der Waals surface area contributed by atoms with E-state index in [0.717, 1.165) is 100 Å². The van der Waals surface area contributed by atoms with Gasteiger partial charge in [-0.2, -0.15) is 16.8 Å². The van der Waals surface area contributed by atoms with Crippen LogP contribution in [0.5, 0.6) is 0 Å². The van der Waals surface area contributed by atoms with Crippen molar-refractivity contribution >= 4 is 80.3 Å². The molecule has 0 aliphatic heterocycles. The van der Waals surface area contributed by atoms with Crippen molar-refractivity contribution in [1.82, 2.24) is 49.4 Å². The monoisotopic (exact) mass is 1000 g/mol. The number of hydrogen-bond acceptors (Lipinski definition) is 16. The van der Waals surface area contributed by atoms with Crippen LogP contribution in [0, 0.1) is 34.6 Å². The van der Waals surface area contributed by atoms with Crippen molar-refractivity contribution in [2.75, 3.05) is 12.5 Å². The van der Waals surface area contributed by atoms with Gasteiger partial charge in [0.2, 0.25) is 0 Å². The lowest BCUT2D eigenvalue weighted by atomic mass is 10.1. The largest absolute Gasteiger partial charge is 0.364 e. The Morgan fingerprint density at radius 2 is 0.971 bits per heavy atom. The second-order valence-electron chi connectivity index (χ2n) is 14.4. The van der Waals surface area contributed by atoms with Crippen molar-refractivity contribution in [2.24, 2.45) is 0 Å². The van der Waals surface area contributed by atoms with Crippen LogP contribution >= 0.6 is 35.1 Å². The molecular formula is C47H41ClN10O6S4. The summed E-state index contributed by atoms with van der Waals surface area (Å²) in [6.45, 7) is 9.86. The minimum atomic E-state index is -0.750. The number of hydrogen-bond donors (Lipinski definition) is 0. The van der Waals surface area contributed by atoms with Crippen molar-refractivity contribution in [3.05, 3.63) is 155 Å². The predicted molar refractivity (Wildman–Crippen MR) is 266 cm³/mol. The molecule has 0 unspecified atom stereocenters. The zero-order valence-electron chi connectivity index (χ0n) is 37.5. The van der Waals surface area contributed by atoms with Gasteiger partial charge in [-0.1, -0.05) is 81.8 Å². The van der Waals surface area contributed by atoms with Crippen molar-refractivity contribution in [3.8, 4) is 45.1 Å². The van der Waals surface area contributed by atoms with Gasteiger partial charge >= 0.3 is 23.1 Å². The van der Waals surface area contributed by atoms with Crippen LogP contribution in [-0.4, -0.2) is 78.7 Å². The summed E-state index contributed by atoms with van der Waals surface area (Å²) in [5.41, 5.74) is 14.2. The molecule has 0 N–H and O–H groups in total. The molecule has 68 heavy (non-hydrogen) atoms. The minimum Gasteiger partial charge on any atom is -0.364 e. The maximum atomic E-state index is 8.29. The SMILES string of the molecule is CSc1ncc(C)c(-c2cn(-c3ccccc3)c3nc(-c4conc4C)ccc23)n1.CSc1ncc(C)c(Cl)n1.Cc1nocc1-c1ccc2c(C)cn(-c3ccccc3)c2n1.O=S=O.O=S=O. The Bertz CT molecular complexity index is 3360. The molecule has 0 saturated carbocycles. The number of benzene rings is 2. The van der Waals surface area contributed by atoms with E-state index in [1.165, 1.54) is 29.1 Å². The Kier molecular flexibility index (Phi) is 17.9. The molecular weight excluding hydrogens is 964 g/mol. The summed E-state index contributed by atoms with van der Waals surface area (Å²) in [7, 11) is 0. The van der Waals surface area contributed by atoms with Crippen LogP contribution in [0.2, 0.25) is 5.15 Å². The Morgan fingerprint density at radius 3 is 1.44 bits per heavy atom. The highest BCUT2D eigenvalue weighted by molar-refractivity contribution is 7.98. The molecule has 0 aliphatic rings. The first-order chi connectivity index (χ1) is 33.0. The third-order valence-electron chi connectivity index (χ3n) is 10.1. The van der Waals surface area contributed by atoms with E-state index in [1.807, 2.05) is 94.9 Å². The van der Waals surface area contributed by atoms with Gasteiger partial charge in [0.05, 0.1) is 39.6 Å². The maximum absolute atomic E-state index is 8.29. The Labute approximate surface area is 411 Å². The molecule has 10 rings (SSSR count). The lowest BCUT2D eigenvalue weighted by Gasteiger charge is -2.05. The van der Waals surface area contributed by atoms with Gasteiger partial charge in [0.15, 0.2) is 10.3 Å². The van der Waals surface area contributed by atoms with Gasteiger partial charge in [-0.15, -0.1) is 0 Å². The molecule has 346 valence electrons. The highest BCUT2D eigenvalue weighted by atomic mass is 35.5. The van der Waals surface area contributed by atoms with E-state index in [4.69, 9.17) is 52.4 Å². The first-order valence-electron chi connectivity index (χ1n) is 20.2. The van der Waals surface area contributed by atoms with E-state index < -0.39 is 23.1 Å². The van der Waals surface area contributed by atoms with Crippen LogP contribution in [0.4, 0.5) is 0 Å². The second-order valence-corrected chi connectivity index (χ2v) is 16.6. The van der Waals surface area contributed by atoms with Crippen molar-refractivity contribution in [3.63, 3.8) is 0 Å². The number of nitrogens with zero attached hydrogens (tertiary/aromatic N) is 10. The van der Waals surface area contributed by atoms with Crippen molar-refractivity contribution in [1.29, 1.82) is 0 Å². The zero-order chi connectivity index (χ0) is 48.7. The second kappa shape index (κ2) is 24.2. The van der Waals surface area contributed by atoms with Crippen molar-refractivity contribution < 1.29 is 25.9 Å². The number of thioether (sulfide) groups is 2. The van der Waals surface area contributed by atoms with E-state index in [1.54, 1.807) is 18.7 Å². The normalized spacial score (nSPS) is 10.4. The van der Waals surface area contributed by atoms with E-state index >= 15 is 0 Å². The van der Waals surface area contributed by atoms with Crippen LogP contribution in [0.1, 0.15) is 28.1 Å². The Balaban J connectivity index is 0.000000174. The van der Waals surface area contributed by atoms with E-state index in [2.05, 4.69) is 90.1 Å². The van der Waals surface area contributed by atoms with Crippen LogP contribution in [-0.2, 0) is 23.1 Å². The van der Waals surface area contributed by atoms with Gasteiger partial charge in [0.1, 0.15) is 29.0 Å². The van der Waals surface area contributed by atoms with Gasteiger partial charge in [0, 0.05) is 58.1 Å². The van der Waals surface area contributed by atoms with Crippen molar-refractivity contribution in [2.45, 2.75) is 44.9 Å². The molecule has 0 fully saturated rings. The van der Waals surface area contributed by atoms with E-state index in [9.17, 15) is 0 Å². The molecule has 0 spiro atoms. The number of aromatic nitrogens is 10. The minimum absolute atomic E-state index is 0.541. The molecule has 0 saturated heterocycles. The molecule has 0 aliphatic carbocycles. The summed E-state index contributed by atoms with van der Waals surface area (Å²) < 4.78 is 47.6. The quantitative estimate of drug-likeness (QED) is 0.0826. The average molecular weight is 1010 g/mol. The Morgan fingerprint density at radius 1 is 0.515 bits per heavy atom. The number of halogens is 1. The lowest BCUT2D eigenvalue weighted by Crippen LogP contribution is -1.94. The fraction of sp³-hybridized carbons (Fsp3) is 0.149. The van der Waals surface area contributed by atoms with Crippen LogP contribution in [0.3, 0.4) is 0 Å². The predicted octanol–water partition coefficient (Wildman–Crippen LogP) is 10.6. The van der Waals surface area contributed by atoms with Gasteiger partial charge < -0.3 is 18.2 Å². The maximum Gasteiger partial charge on any atom is 0.335 e. The highest BCUT2D eigenvalue weighted by Crippen LogP contribution is 2.35. The van der Waals surface area contributed by atoms with Gasteiger partial charge in [-0.05, 0) is 107 Å². The smallest absolute Gasteiger partial charge is 0.335 e. The molecule has 8 heterocycles. The van der Waals surface area contributed by atoms with E-state index in [-0.39, 0.29) is 0 Å². The number of para-hydroxylation sites is 2.